The minimum Gasteiger partial charge on any atom is -0.352 e. The molecule has 1 saturated heterocycles. The van der Waals surface area contributed by atoms with Gasteiger partial charge < -0.3 is 10.2 Å². The van der Waals surface area contributed by atoms with Gasteiger partial charge >= 0.3 is 0 Å². The topological polar surface area (TPSA) is 32.3 Å². The third-order valence-electron chi connectivity index (χ3n) is 4.92. The van der Waals surface area contributed by atoms with Crippen LogP contribution in [0.5, 0.6) is 0 Å². The molecule has 2 aromatic rings. The second-order valence-electron chi connectivity index (χ2n) is 6.96. The van der Waals surface area contributed by atoms with Crippen LogP contribution in [-0.2, 0) is 4.79 Å². The molecule has 0 saturated carbocycles. The summed E-state index contributed by atoms with van der Waals surface area (Å²) in [5.41, 5.74) is 2.38. The van der Waals surface area contributed by atoms with Gasteiger partial charge in [-0.25, -0.2) is 0 Å². The number of piperidine rings is 1. The van der Waals surface area contributed by atoms with Gasteiger partial charge in [0, 0.05) is 17.1 Å². The predicted octanol–water partition coefficient (Wildman–Crippen LogP) is 4.87. The lowest BCUT2D eigenvalue weighted by atomic mass is 10.0. The summed E-state index contributed by atoms with van der Waals surface area (Å²) >= 11 is 6.29. The molecule has 0 aromatic heterocycles. The Kier molecular flexibility index (Phi) is 7.49. The number of benzene rings is 2. The zero-order valence-electron chi connectivity index (χ0n) is 15.7. The smallest absolute Gasteiger partial charge is 0.251 e. The van der Waals surface area contributed by atoms with Crippen LogP contribution in [0, 0.1) is 0 Å². The third-order valence-corrected chi connectivity index (χ3v) is 5.26. The van der Waals surface area contributed by atoms with Crippen LogP contribution in [0.15, 0.2) is 54.6 Å². The van der Waals surface area contributed by atoms with E-state index in [1.165, 1.54) is 32.4 Å². The SMILES string of the molecule is O=C(NCCCN1CCCCC1)/C(=C/c1ccccc1Cl)c1ccccc1. The minimum atomic E-state index is -0.0558. The molecule has 1 fully saturated rings. The highest BCUT2D eigenvalue weighted by Gasteiger charge is 2.13. The van der Waals surface area contributed by atoms with Crippen molar-refractivity contribution in [3.8, 4) is 0 Å². The van der Waals surface area contributed by atoms with Crippen molar-refractivity contribution < 1.29 is 4.79 Å². The monoisotopic (exact) mass is 382 g/mol. The van der Waals surface area contributed by atoms with E-state index in [4.69, 9.17) is 11.6 Å². The van der Waals surface area contributed by atoms with E-state index in [9.17, 15) is 4.79 Å². The summed E-state index contributed by atoms with van der Waals surface area (Å²) in [4.78, 5) is 15.4. The van der Waals surface area contributed by atoms with Gasteiger partial charge in [0.1, 0.15) is 0 Å². The minimum absolute atomic E-state index is 0.0558. The molecule has 2 aromatic carbocycles. The van der Waals surface area contributed by atoms with Crippen LogP contribution < -0.4 is 5.32 Å². The molecular weight excluding hydrogens is 356 g/mol. The van der Waals surface area contributed by atoms with Crippen molar-refractivity contribution in [3.63, 3.8) is 0 Å². The van der Waals surface area contributed by atoms with Gasteiger partial charge in [-0.3, -0.25) is 4.79 Å². The van der Waals surface area contributed by atoms with Crippen LogP contribution in [0.25, 0.3) is 11.6 Å². The average molecular weight is 383 g/mol. The molecule has 1 amide bonds. The summed E-state index contributed by atoms with van der Waals surface area (Å²) in [5.74, 6) is -0.0558. The zero-order chi connectivity index (χ0) is 18.9. The van der Waals surface area contributed by atoms with Gasteiger partial charge in [0.15, 0.2) is 0 Å². The number of halogens is 1. The van der Waals surface area contributed by atoms with Crippen molar-refractivity contribution in [1.82, 2.24) is 10.2 Å². The van der Waals surface area contributed by atoms with Gasteiger partial charge in [-0.15, -0.1) is 0 Å². The Labute approximate surface area is 167 Å². The maximum absolute atomic E-state index is 12.9. The molecular formula is C23H27ClN2O. The molecule has 0 bridgehead atoms. The van der Waals surface area contributed by atoms with E-state index in [-0.39, 0.29) is 5.91 Å². The lowest BCUT2D eigenvalue weighted by molar-refractivity contribution is -0.115. The van der Waals surface area contributed by atoms with Gasteiger partial charge in [-0.05, 0) is 62.2 Å². The molecule has 0 aliphatic carbocycles. The average Bonchev–Trinajstić information content (AvgIpc) is 2.72. The van der Waals surface area contributed by atoms with Crippen LogP contribution in [-0.4, -0.2) is 37.0 Å². The quantitative estimate of drug-likeness (QED) is 0.420. The predicted molar refractivity (Wildman–Crippen MR) is 114 cm³/mol. The fourth-order valence-electron chi connectivity index (χ4n) is 3.43. The molecule has 0 atom stereocenters. The summed E-state index contributed by atoms with van der Waals surface area (Å²) < 4.78 is 0. The standard InChI is InChI=1S/C23H27ClN2O/c24-22-13-6-5-12-20(22)18-21(19-10-3-1-4-11-19)23(27)25-14-9-17-26-15-7-2-8-16-26/h1,3-6,10-13,18H,2,7-9,14-17H2,(H,25,27)/b21-18+. The highest BCUT2D eigenvalue weighted by molar-refractivity contribution is 6.33. The first-order valence-electron chi connectivity index (χ1n) is 9.76. The molecule has 1 heterocycles. The lowest BCUT2D eigenvalue weighted by Gasteiger charge is -2.26. The molecule has 1 aliphatic heterocycles. The largest absolute Gasteiger partial charge is 0.352 e. The van der Waals surface area contributed by atoms with Crippen molar-refractivity contribution in [2.45, 2.75) is 25.7 Å². The highest BCUT2D eigenvalue weighted by Crippen LogP contribution is 2.23. The second kappa shape index (κ2) is 10.3. The number of carbonyl (C=O) groups excluding carboxylic acids is 1. The number of hydrogen-bond acceptors (Lipinski definition) is 2. The summed E-state index contributed by atoms with van der Waals surface area (Å²) in [7, 11) is 0. The summed E-state index contributed by atoms with van der Waals surface area (Å²) in [6.45, 7) is 4.11. The Balaban J connectivity index is 1.65. The second-order valence-corrected chi connectivity index (χ2v) is 7.36. The zero-order valence-corrected chi connectivity index (χ0v) is 16.4. The number of carbonyl (C=O) groups is 1. The van der Waals surface area contributed by atoms with E-state index in [0.717, 1.165) is 24.1 Å². The van der Waals surface area contributed by atoms with E-state index in [2.05, 4.69) is 10.2 Å². The van der Waals surface area contributed by atoms with Crippen molar-refractivity contribution >= 4 is 29.2 Å². The van der Waals surface area contributed by atoms with Gasteiger partial charge in [-0.1, -0.05) is 66.6 Å². The fourth-order valence-corrected chi connectivity index (χ4v) is 3.62. The van der Waals surface area contributed by atoms with E-state index >= 15 is 0 Å². The Morgan fingerprint density at radius 1 is 1.00 bits per heavy atom. The van der Waals surface area contributed by atoms with Gasteiger partial charge in [0.05, 0.1) is 0 Å². The Bertz CT molecular complexity index is 767. The first-order chi connectivity index (χ1) is 13.2. The van der Waals surface area contributed by atoms with E-state index in [1.807, 2.05) is 60.7 Å². The first kappa shape index (κ1) is 19.7. The van der Waals surface area contributed by atoms with E-state index in [1.54, 1.807) is 0 Å². The molecule has 27 heavy (non-hydrogen) atoms. The van der Waals surface area contributed by atoms with Gasteiger partial charge in [0.2, 0.25) is 0 Å². The van der Waals surface area contributed by atoms with Crippen molar-refractivity contribution in [2.75, 3.05) is 26.2 Å². The van der Waals surface area contributed by atoms with Crippen molar-refractivity contribution in [3.05, 3.63) is 70.7 Å². The molecule has 3 nitrogen and oxygen atoms in total. The van der Waals surface area contributed by atoms with Crippen LogP contribution >= 0.6 is 11.6 Å². The van der Waals surface area contributed by atoms with Crippen LogP contribution in [0.1, 0.15) is 36.8 Å². The molecule has 1 aliphatic rings. The molecule has 0 spiro atoms. The molecule has 1 N–H and O–H groups in total. The molecule has 0 unspecified atom stereocenters. The van der Waals surface area contributed by atoms with E-state index in [0.29, 0.717) is 17.1 Å². The normalized spacial score (nSPS) is 15.5. The first-order valence-corrected chi connectivity index (χ1v) is 10.1. The fraction of sp³-hybridized carbons (Fsp3) is 0.348. The number of amides is 1. The number of likely N-dealkylation sites (tertiary alicyclic amines) is 1. The highest BCUT2D eigenvalue weighted by atomic mass is 35.5. The van der Waals surface area contributed by atoms with Gasteiger partial charge in [-0.2, -0.15) is 0 Å². The molecule has 3 rings (SSSR count). The van der Waals surface area contributed by atoms with Crippen molar-refractivity contribution in [1.29, 1.82) is 0 Å². The van der Waals surface area contributed by atoms with Crippen LogP contribution in [0.4, 0.5) is 0 Å². The number of nitrogens with one attached hydrogen (secondary N) is 1. The lowest BCUT2D eigenvalue weighted by Crippen LogP contribution is -2.33. The summed E-state index contributed by atoms with van der Waals surface area (Å²) in [6.07, 6.45) is 6.79. The van der Waals surface area contributed by atoms with E-state index < -0.39 is 0 Å². The van der Waals surface area contributed by atoms with Gasteiger partial charge in [0.25, 0.3) is 5.91 Å². The Morgan fingerprint density at radius 2 is 1.70 bits per heavy atom. The summed E-state index contributed by atoms with van der Waals surface area (Å²) in [6, 6.07) is 17.3. The molecule has 4 heteroatoms. The Hall–Kier alpha value is -2.10. The van der Waals surface area contributed by atoms with Crippen LogP contribution in [0.2, 0.25) is 5.02 Å². The summed E-state index contributed by atoms with van der Waals surface area (Å²) in [5, 5.41) is 3.73. The molecule has 142 valence electrons. The maximum Gasteiger partial charge on any atom is 0.251 e. The van der Waals surface area contributed by atoms with Crippen LogP contribution in [0.3, 0.4) is 0 Å². The maximum atomic E-state index is 12.9. The number of nitrogens with zero attached hydrogens (tertiary/aromatic N) is 1. The third kappa shape index (κ3) is 5.95. The number of hydrogen-bond donors (Lipinski definition) is 1. The number of rotatable bonds is 7. The Morgan fingerprint density at radius 3 is 2.44 bits per heavy atom. The van der Waals surface area contributed by atoms with Crippen molar-refractivity contribution in [2.24, 2.45) is 0 Å². The molecule has 0 radical (unpaired) electrons.